The van der Waals surface area contributed by atoms with E-state index >= 15 is 0 Å². The van der Waals surface area contributed by atoms with Crippen LogP contribution in [0.3, 0.4) is 0 Å². The van der Waals surface area contributed by atoms with Crippen molar-refractivity contribution in [3.8, 4) is 0 Å². The van der Waals surface area contributed by atoms with Gasteiger partial charge in [-0.25, -0.2) is 4.79 Å². The maximum Gasteiger partial charge on any atom is 0.323 e. The summed E-state index contributed by atoms with van der Waals surface area (Å²) in [5, 5.41) is 10.2. The molecule has 9 heteroatoms. The van der Waals surface area contributed by atoms with Crippen molar-refractivity contribution in [3.05, 3.63) is 83.0 Å². The van der Waals surface area contributed by atoms with E-state index in [9.17, 15) is 4.79 Å². The number of benzene rings is 3. The molecule has 0 aliphatic heterocycles. The predicted molar refractivity (Wildman–Crippen MR) is 157 cm³/mol. The molecule has 4 rings (SSSR count). The summed E-state index contributed by atoms with van der Waals surface area (Å²) >= 11 is 15.3. The molecule has 2 amide bonds. The fourth-order valence-corrected chi connectivity index (χ4v) is 4.69. The Kier molecular flexibility index (Phi) is 8.91. The number of aryl methyl sites for hydroxylation is 1. The molecule has 6 nitrogen and oxygen atoms in total. The number of anilines is 5. The van der Waals surface area contributed by atoms with Gasteiger partial charge in [-0.05, 0) is 73.7 Å². The second kappa shape index (κ2) is 12.3. The summed E-state index contributed by atoms with van der Waals surface area (Å²) in [7, 11) is 0. The summed E-state index contributed by atoms with van der Waals surface area (Å²) in [6.45, 7) is 3.37. The van der Waals surface area contributed by atoms with E-state index in [0.717, 1.165) is 38.1 Å². The summed E-state index contributed by atoms with van der Waals surface area (Å²) in [4.78, 5) is 19.4. The number of alkyl halides is 2. The molecular formula is C27H26BrCl2N5O. The lowest BCUT2D eigenvalue weighted by Crippen LogP contribution is -2.27. The van der Waals surface area contributed by atoms with Crippen LogP contribution in [-0.4, -0.2) is 35.9 Å². The van der Waals surface area contributed by atoms with Gasteiger partial charge in [0.15, 0.2) is 0 Å². The number of carbonyl (C=O) groups excluding carboxylic acids is 1. The van der Waals surface area contributed by atoms with Gasteiger partial charge < -0.3 is 20.9 Å². The van der Waals surface area contributed by atoms with E-state index in [0.29, 0.717) is 36.2 Å². The Morgan fingerprint density at radius 3 is 2.28 bits per heavy atom. The zero-order chi connectivity index (χ0) is 25.5. The predicted octanol–water partition coefficient (Wildman–Crippen LogP) is 7.98. The van der Waals surface area contributed by atoms with Crippen molar-refractivity contribution in [2.24, 2.45) is 0 Å². The standard InChI is InChI=1S/C27H26BrCl2N5O/c1-18-15-26(32-21-4-2-3-19(28)16-21)24-17-22(7-10-25(24)31-18)34-27(36)33-20-5-8-23(9-6-20)35(13-11-29)14-12-30/h2-10,15-17H,11-14H2,1H3,(H,31,32)(H2,33,34,36). The van der Waals surface area contributed by atoms with Crippen LogP contribution in [0.25, 0.3) is 10.9 Å². The molecule has 0 saturated heterocycles. The second-order valence-corrected chi connectivity index (χ2v) is 9.84. The van der Waals surface area contributed by atoms with Gasteiger partial charge in [0, 0.05) is 68.8 Å². The lowest BCUT2D eigenvalue weighted by Gasteiger charge is -2.23. The van der Waals surface area contributed by atoms with Crippen molar-refractivity contribution in [1.29, 1.82) is 0 Å². The van der Waals surface area contributed by atoms with E-state index in [2.05, 4.69) is 41.8 Å². The Labute approximate surface area is 229 Å². The van der Waals surface area contributed by atoms with Crippen molar-refractivity contribution in [2.75, 3.05) is 45.7 Å². The molecule has 186 valence electrons. The molecular weight excluding hydrogens is 561 g/mol. The number of urea groups is 1. The Morgan fingerprint density at radius 2 is 1.58 bits per heavy atom. The Bertz CT molecular complexity index is 1340. The number of nitrogens with zero attached hydrogens (tertiary/aromatic N) is 2. The molecule has 0 radical (unpaired) electrons. The highest BCUT2D eigenvalue weighted by Gasteiger charge is 2.10. The summed E-state index contributed by atoms with van der Waals surface area (Å²) in [5.74, 6) is 1.03. The first-order valence-electron chi connectivity index (χ1n) is 11.4. The first kappa shape index (κ1) is 26.1. The number of nitrogens with one attached hydrogen (secondary N) is 3. The second-order valence-electron chi connectivity index (χ2n) is 8.17. The minimum atomic E-state index is -0.331. The lowest BCUT2D eigenvalue weighted by molar-refractivity contribution is 0.262. The van der Waals surface area contributed by atoms with Crippen molar-refractivity contribution < 1.29 is 4.79 Å². The number of halogens is 3. The van der Waals surface area contributed by atoms with Gasteiger partial charge in [0.05, 0.1) is 5.52 Å². The van der Waals surface area contributed by atoms with Crippen molar-refractivity contribution >= 4 is 84.5 Å². The number of hydrogen-bond donors (Lipinski definition) is 3. The fourth-order valence-electron chi connectivity index (χ4n) is 3.88. The van der Waals surface area contributed by atoms with Gasteiger partial charge in [-0.3, -0.25) is 4.98 Å². The Morgan fingerprint density at radius 1 is 0.889 bits per heavy atom. The minimum Gasteiger partial charge on any atom is -0.369 e. The summed E-state index contributed by atoms with van der Waals surface area (Å²) in [6.07, 6.45) is 0. The van der Waals surface area contributed by atoms with E-state index < -0.39 is 0 Å². The van der Waals surface area contributed by atoms with Gasteiger partial charge in [0.25, 0.3) is 0 Å². The van der Waals surface area contributed by atoms with Gasteiger partial charge in [-0.1, -0.05) is 22.0 Å². The van der Waals surface area contributed by atoms with E-state index in [1.54, 1.807) is 0 Å². The molecule has 1 heterocycles. The van der Waals surface area contributed by atoms with E-state index in [-0.39, 0.29) is 6.03 Å². The molecule has 0 fully saturated rings. The zero-order valence-electron chi connectivity index (χ0n) is 19.7. The van der Waals surface area contributed by atoms with Crippen molar-refractivity contribution in [1.82, 2.24) is 4.98 Å². The molecule has 1 aromatic heterocycles. The number of rotatable bonds is 9. The smallest absolute Gasteiger partial charge is 0.323 e. The molecule has 0 atom stereocenters. The van der Waals surface area contributed by atoms with Gasteiger partial charge in [-0.15, -0.1) is 23.2 Å². The molecule has 3 N–H and O–H groups in total. The number of hydrogen-bond acceptors (Lipinski definition) is 4. The first-order valence-corrected chi connectivity index (χ1v) is 13.3. The molecule has 0 aliphatic rings. The average molecular weight is 587 g/mol. The Hall–Kier alpha value is -3.00. The maximum atomic E-state index is 12.7. The Balaban J connectivity index is 1.49. The molecule has 0 saturated carbocycles. The van der Waals surface area contributed by atoms with Crippen LogP contribution in [-0.2, 0) is 0 Å². The molecule has 0 bridgehead atoms. The largest absolute Gasteiger partial charge is 0.369 e. The fraction of sp³-hybridized carbons (Fsp3) is 0.185. The highest BCUT2D eigenvalue weighted by atomic mass is 79.9. The molecule has 4 aromatic rings. The average Bonchev–Trinajstić information content (AvgIpc) is 2.85. The number of amides is 2. The summed E-state index contributed by atoms with van der Waals surface area (Å²) in [5.41, 5.74) is 5.95. The maximum absolute atomic E-state index is 12.7. The van der Waals surface area contributed by atoms with Crippen LogP contribution in [0.2, 0.25) is 0 Å². The van der Waals surface area contributed by atoms with Crippen LogP contribution >= 0.6 is 39.1 Å². The molecule has 36 heavy (non-hydrogen) atoms. The quantitative estimate of drug-likeness (QED) is 0.174. The molecule has 0 unspecified atom stereocenters. The van der Waals surface area contributed by atoms with E-state index in [4.69, 9.17) is 23.2 Å². The normalized spacial score (nSPS) is 10.8. The SMILES string of the molecule is Cc1cc(Nc2cccc(Br)c2)c2cc(NC(=O)Nc3ccc(N(CCCl)CCCl)cc3)ccc2n1. The highest BCUT2D eigenvalue weighted by Crippen LogP contribution is 2.30. The van der Waals surface area contributed by atoms with Gasteiger partial charge in [0.2, 0.25) is 0 Å². The number of carbonyl (C=O) groups is 1. The molecule has 3 aromatic carbocycles. The number of fused-ring (bicyclic) bond motifs is 1. The van der Waals surface area contributed by atoms with Crippen LogP contribution in [0.1, 0.15) is 5.69 Å². The van der Waals surface area contributed by atoms with Crippen LogP contribution in [0.15, 0.2) is 77.3 Å². The van der Waals surface area contributed by atoms with Gasteiger partial charge in [0.1, 0.15) is 0 Å². The van der Waals surface area contributed by atoms with Crippen molar-refractivity contribution in [2.45, 2.75) is 6.92 Å². The van der Waals surface area contributed by atoms with Crippen molar-refractivity contribution in [3.63, 3.8) is 0 Å². The van der Waals surface area contributed by atoms with Crippen LogP contribution in [0, 0.1) is 6.92 Å². The third kappa shape index (κ3) is 6.81. The van der Waals surface area contributed by atoms with Crippen LogP contribution < -0.4 is 20.9 Å². The minimum absolute atomic E-state index is 0.331. The summed E-state index contributed by atoms with van der Waals surface area (Å²) in [6, 6.07) is 22.9. The van der Waals surface area contributed by atoms with Gasteiger partial charge in [-0.2, -0.15) is 0 Å². The number of aromatic nitrogens is 1. The zero-order valence-corrected chi connectivity index (χ0v) is 22.8. The van der Waals surface area contributed by atoms with Crippen LogP contribution in [0.5, 0.6) is 0 Å². The first-order chi connectivity index (χ1) is 17.4. The lowest BCUT2D eigenvalue weighted by atomic mass is 10.1. The van der Waals surface area contributed by atoms with E-state index in [1.165, 1.54) is 0 Å². The van der Waals surface area contributed by atoms with Gasteiger partial charge >= 0.3 is 6.03 Å². The highest BCUT2D eigenvalue weighted by molar-refractivity contribution is 9.10. The summed E-state index contributed by atoms with van der Waals surface area (Å²) < 4.78 is 0.987. The third-order valence-electron chi connectivity index (χ3n) is 5.50. The molecule has 0 aliphatic carbocycles. The molecule has 0 spiro atoms. The van der Waals surface area contributed by atoms with E-state index in [1.807, 2.05) is 79.7 Å². The number of pyridine rings is 1. The monoisotopic (exact) mass is 585 g/mol. The topological polar surface area (TPSA) is 69.3 Å². The van der Waals surface area contributed by atoms with Crippen LogP contribution in [0.4, 0.5) is 33.2 Å². The third-order valence-corrected chi connectivity index (χ3v) is 6.33.